The molecule has 1 aliphatic carbocycles. The number of hydrogen-bond donors (Lipinski definition) is 1. The molecule has 23 heavy (non-hydrogen) atoms. The van der Waals surface area contributed by atoms with Crippen molar-refractivity contribution >= 4 is 17.5 Å². The van der Waals surface area contributed by atoms with E-state index >= 15 is 0 Å². The van der Waals surface area contributed by atoms with Crippen LogP contribution in [-0.4, -0.2) is 49.1 Å². The smallest absolute Gasteiger partial charge is 0.329 e. The van der Waals surface area contributed by atoms with E-state index in [1.54, 1.807) is 19.3 Å². The summed E-state index contributed by atoms with van der Waals surface area (Å²) in [7, 11) is 1.57. The van der Waals surface area contributed by atoms with Gasteiger partial charge in [-0.05, 0) is 25.8 Å². The number of fused-ring (bicyclic) bond motifs is 1. The van der Waals surface area contributed by atoms with E-state index in [9.17, 15) is 14.7 Å². The van der Waals surface area contributed by atoms with E-state index in [1.807, 2.05) is 6.92 Å². The minimum absolute atomic E-state index is 0.336. The van der Waals surface area contributed by atoms with Crippen molar-refractivity contribution in [1.29, 1.82) is 0 Å². The highest BCUT2D eigenvalue weighted by Gasteiger charge is 2.46. The summed E-state index contributed by atoms with van der Waals surface area (Å²) >= 11 is 0. The first-order chi connectivity index (χ1) is 11.0. The predicted molar refractivity (Wildman–Crippen MR) is 83.3 cm³/mol. The molecule has 1 saturated carbocycles. The molecule has 7 heteroatoms. The number of aromatic nitrogens is 3. The molecule has 1 fully saturated rings. The molecule has 0 radical (unpaired) electrons. The van der Waals surface area contributed by atoms with Crippen LogP contribution in [0.15, 0.2) is 18.5 Å². The van der Waals surface area contributed by atoms with Crippen molar-refractivity contribution < 1.29 is 14.7 Å². The van der Waals surface area contributed by atoms with Gasteiger partial charge in [0.2, 0.25) is 0 Å². The Kier molecular flexibility index (Phi) is 3.79. The quantitative estimate of drug-likeness (QED) is 0.934. The van der Waals surface area contributed by atoms with Crippen LogP contribution >= 0.6 is 0 Å². The molecule has 2 aromatic heterocycles. The lowest BCUT2D eigenvalue weighted by molar-refractivity contribution is -0.151. The van der Waals surface area contributed by atoms with Gasteiger partial charge in [-0.25, -0.2) is 14.3 Å². The highest BCUT2D eigenvalue weighted by Crippen LogP contribution is 2.34. The molecule has 0 spiro atoms. The molecule has 1 N–H and O–H groups in total. The van der Waals surface area contributed by atoms with E-state index in [1.165, 1.54) is 15.6 Å². The maximum absolute atomic E-state index is 12.9. The van der Waals surface area contributed by atoms with Gasteiger partial charge in [-0.3, -0.25) is 4.79 Å². The van der Waals surface area contributed by atoms with Crippen molar-refractivity contribution in [2.75, 3.05) is 7.05 Å². The summed E-state index contributed by atoms with van der Waals surface area (Å²) in [4.78, 5) is 30.5. The zero-order chi connectivity index (χ0) is 16.6. The summed E-state index contributed by atoms with van der Waals surface area (Å²) in [5.74, 6) is -1.28. The van der Waals surface area contributed by atoms with E-state index in [0.717, 1.165) is 25.0 Å². The monoisotopic (exact) mass is 316 g/mol. The average molecular weight is 316 g/mol. The van der Waals surface area contributed by atoms with Gasteiger partial charge in [-0.1, -0.05) is 19.3 Å². The van der Waals surface area contributed by atoms with Gasteiger partial charge in [-0.2, -0.15) is 5.10 Å². The minimum Gasteiger partial charge on any atom is -0.479 e. The second kappa shape index (κ2) is 5.64. The van der Waals surface area contributed by atoms with Gasteiger partial charge in [0.25, 0.3) is 5.91 Å². The summed E-state index contributed by atoms with van der Waals surface area (Å²) < 4.78 is 1.53. The van der Waals surface area contributed by atoms with Crippen LogP contribution < -0.4 is 0 Å². The Morgan fingerprint density at radius 2 is 2.00 bits per heavy atom. The van der Waals surface area contributed by atoms with Crippen LogP contribution in [0.1, 0.15) is 48.2 Å². The van der Waals surface area contributed by atoms with Crippen LogP contribution in [0.4, 0.5) is 0 Å². The zero-order valence-corrected chi connectivity index (χ0v) is 13.3. The van der Waals surface area contributed by atoms with Gasteiger partial charge in [0, 0.05) is 18.9 Å². The fourth-order valence-corrected chi connectivity index (χ4v) is 3.31. The lowest BCUT2D eigenvalue weighted by Gasteiger charge is -2.40. The number of aryl methyl sites for hydroxylation is 1. The number of likely N-dealkylation sites (N-methyl/N-ethyl adjacent to an activating group) is 1. The number of aliphatic carboxylic acids is 1. The van der Waals surface area contributed by atoms with Crippen molar-refractivity contribution in [3.8, 4) is 0 Å². The van der Waals surface area contributed by atoms with Crippen LogP contribution in [0.25, 0.3) is 5.65 Å². The Morgan fingerprint density at radius 3 is 2.65 bits per heavy atom. The molecule has 0 aliphatic heterocycles. The van der Waals surface area contributed by atoms with Gasteiger partial charge in [0.1, 0.15) is 11.1 Å². The molecule has 1 aliphatic rings. The van der Waals surface area contributed by atoms with Gasteiger partial charge in [0.05, 0.1) is 6.20 Å². The van der Waals surface area contributed by atoms with Gasteiger partial charge in [-0.15, -0.1) is 0 Å². The van der Waals surface area contributed by atoms with Crippen molar-refractivity contribution in [3.63, 3.8) is 0 Å². The molecule has 3 rings (SSSR count). The first-order valence-corrected chi connectivity index (χ1v) is 7.78. The van der Waals surface area contributed by atoms with Crippen LogP contribution in [-0.2, 0) is 4.79 Å². The third-order valence-corrected chi connectivity index (χ3v) is 4.76. The summed E-state index contributed by atoms with van der Waals surface area (Å²) in [5.41, 5.74) is 0.439. The molecule has 2 heterocycles. The first-order valence-electron chi connectivity index (χ1n) is 7.78. The molecule has 1 amide bonds. The lowest BCUT2D eigenvalue weighted by atomic mass is 9.80. The number of nitrogens with zero attached hydrogens (tertiary/aromatic N) is 4. The summed E-state index contributed by atoms with van der Waals surface area (Å²) in [5, 5.41) is 13.9. The standard InChI is InChI=1S/C16H20N4O3/c1-11-6-9-20-13(18-11)12(10-17-20)14(21)19(2)16(15(22)23)7-4-3-5-8-16/h6,9-10H,3-5,7-8H2,1-2H3,(H,22,23). The molecular weight excluding hydrogens is 296 g/mol. The van der Waals surface area contributed by atoms with E-state index in [2.05, 4.69) is 10.1 Å². The number of carbonyl (C=O) groups is 2. The molecule has 0 saturated heterocycles. The van der Waals surface area contributed by atoms with Crippen LogP contribution in [0.3, 0.4) is 0 Å². The van der Waals surface area contributed by atoms with Crippen LogP contribution in [0, 0.1) is 6.92 Å². The van der Waals surface area contributed by atoms with E-state index in [0.29, 0.717) is 24.1 Å². The molecule has 2 aromatic rings. The maximum Gasteiger partial charge on any atom is 0.329 e. The van der Waals surface area contributed by atoms with Gasteiger partial charge in [0.15, 0.2) is 5.65 Å². The largest absolute Gasteiger partial charge is 0.479 e. The number of carboxylic acids is 1. The summed E-state index contributed by atoms with van der Waals surface area (Å²) in [6.45, 7) is 1.84. The molecule has 0 aromatic carbocycles. The Balaban J connectivity index is 2.00. The Labute approximate surface area is 133 Å². The second-order valence-corrected chi connectivity index (χ2v) is 6.16. The van der Waals surface area contributed by atoms with Crippen molar-refractivity contribution in [2.24, 2.45) is 0 Å². The number of hydrogen-bond acceptors (Lipinski definition) is 4. The molecular formula is C16H20N4O3. The first kappa shape index (κ1) is 15.5. The number of rotatable bonds is 3. The summed E-state index contributed by atoms with van der Waals surface area (Å²) in [6, 6.07) is 1.80. The second-order valence-electron chi connectivity index (χ2n) is 6.16. The van der Waals surface area contributed by atoms with Crippen molar-refractivity contribution in [2.45, 2.75) is 44.6 Å². The predicted octanol–water partition coefficient (Wildman–Crippen LogP) is 1.90. The van der Waals surface area contributed by atoms with Crippen molar-refractivity contribution in [1.82, 2.24) is 19.5 Å². The SMILES string of the molecule is Cc1ccn2ncc(C(=O)N(C)C3(C(=O)O)CCCCC3)c2n1. The summed E-state index contributed by atoms with van der Waals surface area (Å²) in [6.07, 6.45) is 6.80. The zero-order valence-electron chi connectivity index (χ0n) is 13.3. The Hall–Kier alpha value is -2.44. The van der Waals surface area contributed by atoms with Gasteiger partial charge < -0.3 is 10.0 Å². The fourth-order valence-electron chi connectivity index (χ4n) is 3.31. The molecule has 0 unspecified atom stereocenters. The number of carbonyl (C=O) groups excluding carboxylic acids is 1. The normalized spacial score (nSPS) is 17.1. The van der Waals surface area contributed by atoms with Gasteiger partial charge >= 0.3 is 5.97 Å². The van der Waals surface area contributed by atoms with E-state index in [-0.39, 0.29) is 5.91 Å². The number of amides is 1. The maximum atomic E-state index is 12.9. The Bertz CT molecular complexity index is 762. The minimum atomic E-state index is -1.13. The van der Waals surface area contributed by atoms with Crippen molar-refractivity contribution in [3.05, 3.63) is 29.7 Å². The third kappa shape index (κ3) is 2.46. The van der Waals surface area contributed by atoms with E-state index in [4.69, 9.17) is 0 Å². The van der Waals surface area contributed by atoms with Crippen LogP contribution in [0.2, 0.25) is 0 Å². The average Bonchev–Trinajstić information content (AvgIpc) is 2.96. The third-order valence-electron chi connectivity index (χ3n) is 4.76. The fraction of sp³-hybridized carbons (Fsp3) is 0.500. The molecule has 7 nitrogen and oxygen atoms in total. The molecule has 0 bridgehead atoms. The topological polar surface area (TPSA) is 87.8 Å². The molecule has 0 atom stereocenters. The number of carboxylic acid groups (broad SMARTS) is 1. The van der Waals surface area contributed by atoms with Crippen LogP contribution in [0.5, 0.6) is 0 Å². The van der Waals surface area contributed by atoms with E-state index < -0.39 is 11.5 Å². The highest BCUT2D eigenvalue weighted by atomic mass is 16.4. The molecule has 122 valence electrons. The highest BCUT2D eigenvalue weighted by molar-refractivity contribution is 6.02. The Morgan fingerprint density at radius 1 is 1.30 bits per heavy atom. The lowest BCUT2D eigenvalue weighted by Crippen LogP contribution is -2.56.